The molecule has 0 aliphatic heterocycles. The number of aliphatic hydroxyl groups is 1. The summed E-state index contributed by atoms with van der Waals surface area (Å²) < 4.78 is 41.8. The molecule has 0 aromatic heterocycles. The second-order valence-electron chi connectivity index (χ2n) is 3.31. The first-order chi connectivity index (χ1) is 7.36. The molecular weight excluding hydrogens is 223 g/mol. The van der Waals surface area contributed by atoms with Gasteiger partial charge in [-0.25, -0.2) is 0 Å². The Balaban J connectivity index is 3.09. The highest BCUT2D eigenvalue weighted by atomic mass is 19.4. The highest BCUT2D eigenvalue weighted by Gasteiger charge is 2.31. The third kappa shape index (κ3) is 2.86. The number of aliphatic hydroxyl groups excluding tert-OH is 1. The number of anilines is 1. The van der Waals surface area contributed by atoms with Crippen molar-refractivity contribution in [2.45, 2.75) is 12.3 Å². The Morgan fingerprint density at radius 3 is 2.56 bits per heavy atom. The van der Waals surface area contributed by atoms with Crippen LogP contribution in [0.2, 0.25) is 0 Å². The van der Waals surface area contributed by atoms with E-state index >= 15 is 0 Å². The van der Waals surface area contributed by atoms with Crippen molar-refractivity contribution < 1.29 is 23.0 Å². The van der Waals surface area contributed by atoms with E-state index in [1.165, 1.54) is 7.11 Å². The Morgan fingerprint density at radius 2 is 2.06 bits per heavy atom. The fourth-order valence-corrected chi connectivity index (χ4v) is 1.29. The fourth-order valence-electron chi connectivity index (χ4n) is 1.29. The average molecular weight is 235 g/mol. The molecule has 0 radical (unpaired) electrons. The van der Waals surface area contributed by atoms with Crippen LogP contribution in [0.4, 0.5) is 18.9 Å². The van der Waals surface area contributed by atoms with Crippen LogP contribution < -0.4 is 5.73 Å². The lowest BCUT2D eigenvalue weighted by Gasteiger charge is -2.15. The lowest BCUT2D eigenvalue weighted by Crippen LogP contribution is -2.11. The van der Waals surface area contributed by atoms with E-state index in [1.807, 2.05) is 0 Å². The maximum atomic E-state index is 12.4. The normalized spacial score (nSPS) is 13.8. The van der Waals surface area contributed by atoms with Gasteiger partial charge < -0.3 is 15.6 Å². The Bertz CT molecular complexity index is 366. The Morgan fingerprint density at radius 1 is 1.44 bits per heavy atom. The molecule has 0 amide bonds. The molecule has 3 N–H and O–H groups in total. The van der Waals surface area contributed by atoms with Crippen molar-refractivity contribution in [1.29, 1.82) is 0 Å². The molecule has 1 rings (SSSR count). The summed E-state index contributed by atoms with van der Waals surface area (Å²) in [5, 5.41) is 9.52. The predicted molar refractivity (Wildman–Crippen MR) is 52.7 cm³/mol. The summed E-state index contributed by atoms with van der Waals surface area (Å²) in [4.78, 5) is 0. The molecule has 1 atom stereocenters. The molecule has 0 aliphatic carbocycles. The van der Waals surface area contributed by atoms with Gasteiger partial charge in [-0.15, -0.1) is 0 Å². The molecule has 1 unspecified atom stereocenters. The second kappa shape index (κ2) is 4.71. The zero-order valence-corrected chi connectivity index (χ0v) is 8.58. The van der Waals surface area contributed by atoms with Gasteiger partial charge >= 0.3 is 6.18 Å². The largest absolute Gasteiger partial charge is 0.416 e. The molecule has 6 heteroatoms. The highest BCUT2D eigenvalue weighted by Crippen LogP contribution is 2.33. The van der Waals surface area contributed by atoms with Gasteiger partial charge in [-0.05, 0) is 18.2 Å². The van der Waals surface area contributed by atoms with E-state index in [-0.39, 0.29) is 17.9 Å². The third-order valence-corrected chi connectivity index (χ3v) is 2.10. The summed E-state index contributed by atoms with van der Waals surface area (Å²) >= 11 is 0. The van der Waals surface area contributed by atoms with Gasteiger partial charge in [0.15, 0.2) is 0 Å². The van der Waals surface area contributed by atoms with Crippen LogP contribution in [-0.2, 0) is 10.9 Å². The number of benzene rings is 1. The summed E-state index contributed by atoms with van der Waals surface area (Å²) in [5.74, 6) is 0. The lowest BCUT2D eigenvalue weighted by molar-refractivity contribution is -0.137. The predicted octanol–water partition coefficient (Wildman–Crippen LogP) is 1.97. The SMILES string of the molecule is COCC(O)c1cc(C(F)(F)F)ccc1N. The summed E-state index contributed by atoms with van der Waals surface area (Å²) in [7, 11) is 1.34. The van der Waals surface area contributed by atoms with Gasteiger partial charge in [-0.3, -0.25) is 0 Å². The van der Waals surface area contributed by atoms with Gasteiger partial charge in [0, 0.05) is 18.4 Å². The van der Waals surface area contributed by atoms with Crippen molar-refractivity contribution in [3.63, 3.8) is 0 Å². The van der Waals surface area contributed by atoms with Crippen LogP contribution in [-0.4, -0.2) is 18.8 Å². The van der Waals surface area contributed by atoms with Gasteiger partial charge in [0.25, 0.3) is 0 Å². The number of methoxy groups -OCH3 is 1. The molecule has 16 heavy (non-hydrogen) atoms. The van der Waals surface area contributed by atoms with E-state index < -0.39 is 17.8 Å². The second-order valence-corrected chi connectivity index (χ2v) is 3.31. The van der Waals surface area contributed by atoms with Crippen molar-refractivity contribution in [2.75, 3.05) is 19.5 Å². The van der Waals surface area contributed by atoms with Crippen molar-refractivity contribution in [2.24, 2.45) is 0 Å². The number of alkyl halides is 3. The first-order valence-corrected chi connectivity index (χ1v) is 4.50. The molecule has 0 spiro atoms. The van der Waals surface area contributed by atoms with Gasteiger partial charge in [-0.1, -0.05) is 0 Å². The van der Waals surface area contributed by atoms with Crippen LogP contribution in [0.15, 0.2) is 18.2 Å². The number of hydrogen-bond acceptors (Lipinski definition) is 3. The zero-order valence-electron chi connectivity index (χ0n) is 8.58. The van der Waals surface area contributed by atoms with Gasteiger partial charge in [-0.2, -0.15) is 13.2 Å². The first kappa shape index (κ1) is 12.8. The molecule has 0 bridgehead atoms. The number of halogens is 3. The van der Waals surface area contributed by atoms with E-state index in [4.69, 9.17) is 5.73 Å². The van der Waals surface area contributed by atoms with Crippen LogP contribution in [0.1, 0.15) is 17.2 Å². The average Bonchev–Trinajstić information content (AvgIpc) is 2.16. The highest BCUT2D eigenvalue weighted by molar-refractivity contribution is 5.50. The number of hydrogen-bond donors (Lipinski definition) is 2. The topological polar surface area (TPSA) is 55.5 Å². The molecule has 3 nitrogen and oxygen atoms in total. The van der Waals surface area contributed by atoms with Crippen molar-refractivity contribution in [3.05, 3.63) is 29.3 Å². The minimum absolute atomic E-state index is 0.0247. The maximum absolute atomic E-state index is 12.4. The van der Waals surface area contributed by atoms with Crippen LogP contribution in [0.3, 0.4) is 0 Å². The zero-order chi connectivity index (χ0) is 12.3. The van der Waals surface area contributed by atoms with E-state index in [0.29, 0.717) is 0 Å². The van der Waals surface area contributed by atoms with Crippen molar-refractivity contribution >= 4 is 5.69 Å². The molecule has 0 saturated carbocycles. The van der Waals surface area contributed by atoms with E-state index in [0.717, 1.165) is 18.2 Å². The fraction of sp³-hybridized carbons (Fsp3) is 0.400. The molecule has 1 aromatic carbocycles. The monoisotopic (exact) mass is 235 g/mol. The lowest BCUT2D eigenvalue weighted by atomic mass is 10.0. The Labute approximate surface area is 90.6 Å². The first-order valence-electron chi connectivity index (χ1n) is 4.50. The molecule has 1 aromatic rings. The van der Waals surface area contributed by atoms with Crippen LogP contribution >= 0.6 is 0 Å². The summed E-state index contributed by atoms with van der Waals surface area (Å²) in [6.45, 7) is -0.106. The summed E-state index contributed by atoms with van der Waals surface area (Å²) in [5.41, 5.74) is 4.77. The van der Waals surface area contributed by atoms with Gasteiger partial charge in [0.05, 0.1) is 12.2 Å². The molecule has 0 saturated heterocycles. The minimum atomic E-state index is -4.45. The van der Waals surface area contributed by atoms with Crippen molar-refractivity contribution in [1.82, 2.24) is 0 Å². The van der Waals surface area contributed by atoms with Gasteiger partial charge in [0.2, 0.25) is 0 Å². The van der Waals surface area contributed by atoms with Crippen LogP contribution in [0, 0.1) is 0 Å². The quantitative estimate of drug-likeness (QED) is 0.787. The van der Waals surface area contributed by atoms with Gasteiger partial charge in [0.1, 0.15) is 6.10 Å². The Hall–Kier alpha value is -1.27. The van der Waals surface area contributed by atoms with Crippen LogP contribution in [0.5, 0.6) is 0 Å². The summed E-state index contributed by atoms with van der Waals surface area (Å²) in [6, 6.07) is 2.83. The molecule has 0 heterocycles. The minimum Gasteiger partial charge on any atom is -0.398 e. The van der Waals surface area contributed by atoms with Crippen LogP contribution in [0.25, 0.3) is 0 Å². The number of nitrogen functional groups attached to an aromatic ring is 1. The Kier molecular flexibility index (Phi) is 3.77. The third-order valence-electron chi connectivity index (χ3n) is 2.10. The molecule has 0 fully saturated rings. The van der Waals surface area contributed by atoms with Crippen molar-refractivity contribution in [3.8, 4) is 0 Å². The van der Waals surface area contributed by atoms with E-state index in [1.54, 1.807) is 0 Å². The smallest absolute Gasteiger partial charge is 0.398 e. The molecular formula is C10H12F3NO2. The summed E-state index contributed by atoms with van der Waals surface area (Å²) in [6.07, 6.45) is -5.61. The van der Waals surface area contributed by atoms with E-state index in [9.17, 15) is 18.3 Å². The molecule has 0 aliphatic rings. The van der Waals surface area contributed by atoms with E-state index in [2.05, 4.69) is 4.74 Å². The number of ether oxygens (including phenoxy) is 1. The maximum Gasteiger partial charge on any atom is 0.416 e. The number of rotatable bonds is 3. The number of nitrogens with two attached hydrogens (primary N) is 1. The standard InChI is InChI=1S/C10H12F3NO2/c1-16-5-9(15)7-4-6(10(11,12)13)2-3-8(7)14/h2-4,9,15H,5,14H2,1H3. The molecule has 90 valence electrons.